The fraction of sp³-hybridized carbons (Fsp3) is 0.200. The highest BCUT2D eigenvalue weighted by Gasteiger charge is 2.26. The molecule has 4 rings (SSSR count). The number of sulfonamides is 1. The van der Waals surface area contributed by atoms with E-state index in [0.717, 1.165) is 16.7 Å². The molecule has 8 heteroatoms. The molecule has 1 aliphatic heterocycles. The molecule has 1 heterocycles. The van der Waals surface area contributed by atoms with Crippen molar-refractivity contribution in [1.82, 2.24) is 9.73 Å². The smallest absolute Gasteiger partial charge is 0.271 e. The molecular formula is C25H25N3O4S. The van der Waals surface area contributed by atoms with Gasteiger partial charge in [-0.15, -0.1) is 0 Å². The number of hydrogen-bond donors (Lipinski definition) is 1. The summed E-state index contributed by atoms with van der Waals surface area (Å²) in [5, 5.41) is 4.20. The number of ether oxygens (including phenoxy) is 1. The Morgan fingerprint density at radius 3 is 2.24 bits per heavy atom. The van der Waals surface area contributed by atoms with Gasteiger partial charge in [0.25, 0.3) is 5.91 Å². The van der Waals surface area contributed by atoms with Crippen molar-refractivity contribution in [2.24, 2.45) is 5.10 Å². The Morgan fingerprint density at radius 2 is 1.55 bits per heavy atom. The molecule has 1 N–H and O–H groups in total. The van der Waals surface area contributed by atoms with Gasteiger partial charge in [-0.2, -0.15) is 9.41 Å². The SMILES string of the molecule is C/C(=N\NC(=O)c1cccc(S(=O)(=O)N2CCOCC2)c1)c1ccc(-c2ccccc2)cc1. The maximum Gasteiger partial charge on any atom is 0.271 e. The van der Waals surface area contributed by atoms with Crippen LogP contribution in [-0.4, -0.2) is 50.6 Å². The van der Waals surface area contributed by atoms with Gasteiger partial charge in [0.2, 0.25) is 10.0 Å². The third-order valence-electron chi connectivity index (χ3n) is 5.44. The van der Waals surface area contributed by atoms with Gasteiger partial charge in [0.15, 0.2) is 0 Å². The van der Waals surface area contributed by atoms with Crippen molar-refractivity contribution in [3.05, 3.63) is 90.0 Å². The number of carbonyl (C=O) groups is 1. The average Bonchev–Trinajstić information content (AvgIpc) is 2.88. The van der Waals surface area contributed by atoms with Crippen LogP contribution in [0.15, 0.2) is 88.9 Å². The van der Waals surface area contributed by atoms with E-state index in [1.807, 2.05) is 54.6 Å². The van der Waals surface area contributed by atoms with Crippen LogP contribution < -0.4 is 5.43 Å². The van der Waals surface area contributed by atoms with E-state index in [0.29, 0.717) is 32.0 Å². The van der Waals surface area contributed by atoms with Crippen molar-refractivity contribution in [3.63, 3.8) is 0 Å². The molecule has 0 aromatic heterocycles. The fourth-order valence-electron chi connectivity index (χ4n) is 3.53. The summed E-state index contributed by atoms with van der Waals surface area (Å²) in [6, 6.07) is 23.9. The normalized spacial score (nSPS) is 15.2. The van der Waals surface area contributed by atoms with Crippen molar-refractivity contribution in [2.75, 3.05) is 26.3 Å². The molecule has 0 radical (unpaired) electrons. The van der Waals surface area contributed by atoms with Gasteiger partial charge >= 0.3 is 0 Å². The van der Waals surface area contributed by atoms with E-state index in [1.165, 1.54) is 16.4 Å². The standard InChI is InChI=1S/C25H25N3O4S/c1-19(20-10-12-22(13-11-20)21-6-3-2-4-7-21)26-27-25(29)23-8-5-9-24(18-23)33(30,31)28-14-16-32-17-15-28/h2-13,18H,14-17H2,1H3,(H,27,29)/b26-19+. The van der Waals surface area contributed by atoms with Crippen LogP contribution in [0.1, 0.15) is 22.8 Å². The summed E-state index contributed by atoms with van der Waals surface area (Å²) >= 11 is 0. The minimum atomic E-state index is -3.68. The maximum atomic E-state index is 12.9. The number of nitrogens with one attached hydrogen (secondary N) is 1. The lowest BCUT2D eigenvalue weighted by molar-refractivity contribution is 0.0730. The number of carbonyl (C=O) groups excluding carboxylic acids is 1. The quantitative estimate of drug-likeness (QED) is 0.448. The van der Waals surface area contributed by atoms with Crippen LogP contribution >= 0.6 is 0 Å². The molecule has 3 aromatic carbocycles. The summed E-state index contributed by atoms with van der Waals surface area (Å²) in [6.07, 6.45) is 0. The lowest BCUT2D eigenvalue weighted by Crippen LogP contribution is -2.40. The van der Waals surface area contributed by atoms with Crippen LogP contribution in [0.3, 0.4) is 0 Å². The highest BCUT2D eigenvalue weighted by atomic mass is 32.2. The van der Waals surface area contributed by atoms with Gasteiger partial charge in [-0.1, -0.05) is 60.7 Å². The van der Waals surface area contributed by atoms with Gasteiger partial charge in [-0.05, 0) is 41.8 Å². The first-order chi connectivity index (χ1) is 15.9. The first kappa shape index (κ1) is 22.8. The van der Waals surface area contributed by atoms with Crippen LogP contribution in [0.25, 0.3) is 11.1 Å². The predicted molar refractivity (Wildman–Crippen MR) is 128 cm³/mol. The molecule has 1 fully saturated rings. The van der Waals surface area contributed by atoms with Crippen LogP contribution in [0.4, 0.5) is 0 Å². The minimum absolute atomic E-state index is 0.0780. The number of morpholine rings is 1. The highest BCUT2D eigenvalue weighted by Crippen LogP contribution is 2.20. The Labute approximate surface area is 193 Å². The summed E-state index contributed by atoms with van der Waals surface area (Å²) in [7, 11) is -3.68. The minimum Gasteiger partial charge on any atom is -0.379 e. The van der Waals surface area contributed by atoms with Gasteiger partial charge in [-0.3, -0.25) is 4.79 Å². The van der Waals surface area contributed by atoms with E-state index >= 15 is 0 Å². The van der Waals surface area contributed by atoms with Gasteiger partial charge in [0.1, 0.15) is 0 Å². The molecule has 1 amide bonds. The summed E-state index contributed by atoms with van der Waals surface area (Å²) in [5.74, 6) is -0.478. The van der Waals surface area contributed by atoms with E-state index in [9.17, 15) is 13.2 Å². The zero-order valence-corrected chi connectivity index (χ0v) is 19.1. The molecule has 0 atom stereocenters. The first-order valence-electron chi connectivity index (χ1n) is 10.6. The largest absolute Gasteiger partial charge is 0.379 e. The third kappa shape index (κ3) is 5.36. The first-order valence-corrected chi connectivity index (χ1v) is 12.1. The van der Waals surface area contributed by atoms with Gasteiger partial charge in [0, 0.05) is 18.7 Å². The molecule has 33 heavy (non-hydrogen) atoms. The molecular weight excluding hydrogens is 438 g/mol. The predicted octanol–water partition coefficient (Wildman–Crippen LogP) is 3.53. The second-order valence-electron chi connectivity index (χ2n) is 7.63. The maximum absolute atomic E-state index is 12.9. The lowest BCUT2D eigenvalue weighted by atomic mass is 10.0. The van der Waals surface area contributed by atoms with Crippen molar-refractivity contribution < 1.29 is 17.9 Å². The molecule has 0 saturated carbocycles. The van der Waals surface area contributed by atoms with Crippen molar-refractivity contribution in [3.8, 4) is 11.1 Å². The van der Waals surface area contributed by atoms with Crippen molar-refractivity contribution in [2.45, 2.75) is 11.8 Å². The zero-order chi connectivity index (χ0) is 23.3. The van der Waals surface area contributed by atoms with Gasteiger partial charge in [0.05, 0.1) is 23.8 Å². The molecule has 3 aromatic rings. The average molecular weight is 464 g/mol. The molecule has 1 saturated heterocycles. The number of hydrazone groups is 1. The van der Waals surface area contributed by atoms with E-state index in [-0.39, 0.29) is 10.5 Å². The number of amides is 1. The summed E-state index contributed by atoms with van der Waals surface area (Å²) in [4.78, 5) is 12.7. The Kier molecular flexibility index (Phi) is 6.98. The zero-order valence-electron chi connectivity index (χ0n) is 18.3. The molecule has 0 bridgehead atoms. The highest BCUT2D eigenvalue weighted by molar-refractivity contribution is 7.89. The van der Waals surface area contributed by atoms with Crippen LogP contribution in [0.5, 0.6) is 0 Å². The van der Waals surface area contributed by atoms with E-state index < -0.39 is 15.9 Å². The monoisotopic (exact) mass is 463 g/mol. The molecule has 7 nitrogen and oxygen atoms in total. The number of nitrogens with zero attached hydrogens (tertiary/aromatic N) is 2. The Hall–Kier alpha value is -3.33. The Bertz CT molecular complexity index is 1250. The molecule has 0 aliphatic carbocycles. The van der Waals surface area contributed by atoms with Crippen LogP contribution in [-0.2, 0) is 14.8 Å². The Morgan fingerprint density at radius 1 is 0.879 bits per heavy atom. The van der Waals surface area contributed by atoms with E-state index in [2.05, 4.69) is 10.5 Å². The summed E-state index contributed by atoms with van der Waals surface area (Å²) in [5.41, 5.74) is 6.47. The lowest BCUT2D eigenvalue weighted by Gasteiger charge is -2.26. The Balaban J connectivity index is 1.45. The molecule has 0 unspecified atom stereocenters. The second kappa shape index (κ2) is 10.1. The third-order valence-corrected chi connectivity index (χ3v) is 7.33. The van der Waals surface area contributed by atoms with Gasteiger partial charge in [-0.25, -0.2) is 13.8 Å². The molecule has 1 aliphatic rings. The fourth-order valence-corrected chi connectivity index (χ4v) is 4.99. The van der Waals surface area contributed by atoms with Crippen molar-refractivity contribution >= 4 is 21.6 Å². The number of benzene rings is 3. The number of hydrogen-bond acceptors (Lipinski definition) is 5. The number of rotatable bonds is 6. The van der Waals surface area contributed by atoms with E-state index in [1.54, 1.807) is 19.1 Å². The summed E-state index contributed by atoms with van der Waals surface area (Å²) in [6.45, 7) is 3.12. The second-order valence-corrected chi connectivity index (χ2v) is 9.56. The van der Waals surface area contributed by atoms with Crippen LogP contribution in [0.2, 0.25) is 0 Å². The van der Waals surface area contributed by atoms with Crippen LogP contribution in [0, 0.1) is 0 Å². The van der Waals surface area contributed by atoms with E-state index in [4.69, 9.17) is 4.74 Å². The van der Waals surface area contributed by atoms with Crippen molar-refractivity contribution in [1.29, 1.82) is 0 Å². The summed E-state index contributed by atoms with van der Waals surface area (Å²) < 4.78 is 32.3. The topological polar surface area (TPSA) is 88.1 Å². The molecule has 0 spiro atoms. The van der Waals surface area contributed by atoms with Gasteiger partial charge < -0.3 is 4.74 Å². The molecule has 170 valence electrons.